The zero-order valence-electron chi connectivity index (χ0n) is 12.7. The summed E-state index contributed by atoms with van der Waals surface area (Å²) < 4.78 is 4.69. The Balaban J connectivity index is 2.59. The smallest absolute Gasteiger partial charge is 0.306 e. The van der Waals surface area contributed by atoms with Crippen molar-refractivity contribution in [3.05, 3.63) is 0 Å². The molecule has 19 heavy (non-hydrogen) atoms. The van der Waals surface area contributed by atoms with Crippen LogP contribution in [-0.2, 0) is 14.3 Å². The van der Waals surface area contributed by atoms with Gasteiger partial charge in [0.2, 0.25) is 5.91 Å². The number of ether oxygens (including phenoxy) is 1. The van der Waals surface area contributed by atoms with Gasteiger partial charge in [-0.15, -0.1) is 0 Å². The number of carbonyl (C=O) groups is 2. The lowest BCUT2D eigenvalue weighted by Crippen LogP contribution is -2.40. The van der Waals surface area contributed by atoms with Crippen LogP contribution in [0, 0.1) is 5.41 Å². The van der Waals surface area contributed by atoms with E-state index in [1.54, 1.807) is 0 Å². The molecule has 110 valence electrons. The lowest BCUT2D eigenvalue weighted by Gasteiger charge is -2.31. The van der Waals surface area contributed by atoms with Crippen molar-refractivity contribution in [2.45, 2.75) is 65.3 Å². The molecule has 1 saturated heterocycles. The van der Waals surface area contributed by atoms with Crippen molar-refractivity contribution in [2.75, 3.05) is 13.7 Å². The first kappa shape index (κ1) is 16.0. The number of nitrogens with zero attached hydrogens (tertiary/aromatic N) is 1. The molecule has 1 heterocycles. The molecule has 0 aliphatic carbocycles. The summed E-state index contributed by atoms with van der Waals surface area (Å²) in [5, 5.41) is 0. The highest BCUT2D eigenvalue weighted by Crippen LogP contribution is 2.28. The molecule has 0 aromatic rings. The molecule has 0 N–H and O–H groups in total. The van der Waals surface area contributed by atoms with Crippen LogP contribution in [-0.4, -0.2) is 36.5 Å². The van der Waals surface area contributed by atoms with Gasteiger partial charge in [-0.25, -0.2) is 0 Å². The first-order chi connectivity index (χ1) is 8.85. The van der Waals surface area contributed by atoms with Crippen LogP contribution in [0.1, 0.15) is 59.3 Å². The molecule has 0 bridgehead atoms. The van der Waals surface area contributed by atoms with Gasteiger partial charge in [0.15, 0.2) is 0 Å². The van der Waals surface area contributed by atoms with E-state index in [0.29, 0.717) is 12.5 Å². The van der Waals surface area contributed by atoms with Gasteiger partial charge in [0.1, 0.15) is 0 Å². The zero-order chi connectivity index (χ0) is 14.5. The Morgan fingerprint density at radius 1 is 1.21 bits per heavy atom. The zero-order valence-corrected chi connectivity index (χ0v) is 12.7. The standard InChI is InChI=1S/C15H27NO3/c1-12-8-6-5-7-9-16(12)13(17)10-15(2,3)11-14(18)19-4/h12H,5-11H2,1-4H3/t12-/m1/s1. The van der Waals surface area contributed by atoms with Gasteiger partial charge >= 0.3 is 5.97 Å². The monoisotopic (exact) mass is 269 g/mol. The lowest BCUT2D eigenvalue weighted by molar-refractivity contribution is -0.144. The summed E-state index contributed by atoms with van der Waals surface area (Å²) in [6, 6.07) is 0.323. The summed E-state index contributed by atoms with van der Waals surface area (Å²) in [6.07, 6.45) is 5.29. The third kappa shape index (κ3) is 5.21. The maximum absolute atomic E-state index is 12.4. The molecular formula is C15H27NO3. The molecular weight excluding hydrogens is 242 g/mol. The molecule has 0 saturated carbocycles. The molecule has 4 nitrogen and oxygen atoms in total. The van der Waals surface area contributed by atoms with E-state index in [2.05, 4.69) is 6.92 Å². The number of esters is 1. The summed E-state index contributed by atoms with van der Waals surface area (Å²) >= 11 is 0. The van der Waals surface area contributed by atoms with Crippen LogP contribution in [0.4, 0.5) is 0 Å². The average Bonchev–Trinajstić information content (AvgIpc) is 2.52. The second kappa shape index (κ2) is 6.92. The number of methoxy groups -OCH3 is 1. The minimum Gasteiger partial charge on any atom is -0.469 e. The van der Waals surface area contributed by atoms with Crippen molar-refractivity contribution in [1.82, 2.24) is 4.90 Å². The van der Waals surface area contributed by atoms with Gasteiger partial charge in [-0.2, -0.15) is 0 Å². The second-order valence-corrected chi connectivity index (χ2v) is 6.38. The van der Waals surface area contributed by atoms with Gasteiger partial charge in [0, 0.05) is 19.0 Å². The predicted octanol–water partition coefficient (Wildman–Crippen LogP) is 2.76. The second-order valence-electron chi connectivity index (χ2n) is 6.38. The third-order valence-corrected chi connectivity index (χ3v) is 3.85. The Morgan fingerprint density at radius 3 is 2.53 bits per heavy atom. The van der Waals surface area contributed by atoms with E-state index in [1.165, 1.54) is 20.0 Å². The van der Waals surface area contributed by atoms with E-state index in [4.69, 9.17) is 4.74 Å². The van der Waals surface area contributed by atoms with E-state index >= 15 is 0 Å². The molecule has 1 aliphatic heterocycles. The van der Waals surface area contributed by atoms with E-state index in [-0.39, 0.29) is 23.7 Å². The van der Waals surface area contributed by atoms with Crippen LogP contribution in [0.5, 0.6) is 0 Å². The molecule has 0 radical (unpaired) electrons. The van der Waals surface area contributed by atoms with Crippen LogP contribution in [0.25, 0.3) is 0 Å². The van der Waals surface area contributed by atoms with Crippen LogP contribution < -0.4 is 0 Å². The van der Waals surface area contributed by atoms with Crippen molar-refractivity contribution < 1.29 is 14.3 Å². The normalized spacial score (nSPS) is 20.8. The Kier molecular flexibility index (Phi) is 5.83. The minimum absolute atomic E-state index is 0.170. The molecule has 1 amide bonds. The van der Waals surface area contributed by atoms with Crippen LogP contribution in [0.3, 0.4) is 0 Å². The van der Waals surface area contributed by atoms with Gasteiger partial charge in [0.05, 0.1) is 13.5 Å². The summed E-state index contributed by atoms with van der Waals surface area (Å²) in [7, 11) is 1.39. The first-order valence-corrected chi connectivity index (χ1v) is 7.22. The van der Waals surface area contributed by atoms with E-state index in [1.807, 2.05) is 18.7 Å². The largest absolute Gasteiger partial charge is 0.469 e. The Morgan fingerprint density at radius 2 is 1.89 bits per heavy atom. The molecule has 1 rings (SSSR count). The summed E-state index contributed by atoms with van der Waals surface area (Å²) in [4.78, 5) is 25.8. The molecule has 1 fully saturated rings. The van der Waals surface area contributed by atoms with Gasteiger partial charge in [0.25, 0.3) is 0 Å². The maximum Gasteiger partial charge on any atom is 0.306 e. The predicted molar refractivity (Wildman–Crippen MR) is 74.7 cm³/mol. The highest BCUT2D eigenvalue weighted by molar-refractivity contribution is 5.78. The highest BCUT2D eigenvalue weighted by atomic mass is 16.5. The van der Waals surface area contributed by atoms with Gasteiger partial charge in [-0.1, -0.05) is 26.7 Å². The molecule has 4 heteroatoms. The molecule has 0 unspecified atom stereocenters. The van der Waals surface area contributed by atoms with Gasteiger partial charge in [-0.3, -0.25) is 9.59 Å². The topological polar surface area (TPSA) is 46.6 Å². The molecule has 1 atom stereocenters. The fraction of sp³-hybridized carbons (Fsp3) is 0.867. The number of hydrogen-bond donors (Lipinski definition) is 0. The number of carbonyl (C=O) groups excluding carboxylic acids is 2. The minimum atomic E-state index is -0.337. The Hall–Kier alpha value is -1.06. The summed E-state index contributed by atoms with van der Waals surface area (Å²) in [5.74, 6) is -0.0787. The van der Waals surface area contributed by atoms with Crippen molar-refractivity contribution in [2.24, 2.45) is 5.41 Å². The van der Waals surface area contributed by atoms with Crippen LogP contribution in [0.15, 0.2) is 0 Å². The van der Waals surface area contributed by atoms with Crippen LogP contribution >= 0.6 is 0 Å². The number of amides is 1. The maximum atomic E-state index is 12.4. The van der Waals surface area contributed by atoms with Crippen molar-refractivity contribution in [3.8, 4) is 0 Å². The number of hydrogen-bond acceptors (Lipinski definition) is 3. The lowest BCUT2D eigenvalue weighted by atomic mass is 9.85. The first-order valence-electron chi connectivity index (χ1n) is 7.22. The van der Waals surface area contributed by atoms with Crippen molar-refractivity contribution in [1.29, 1.82) is 0 Å². The average molecular weight is 269 g/mol. The Labute approximate surface area is 116 Å². The number of likely N-dealkylation sites (tertiary alicyclic amines) is 1. The molecule has 0 spiro atoms. The van der Waals surface area contributed by atoms with Crippen LogP contribution in [0.2, 0.25) is 0 Å². The Bertz CT molecular complexity index is 325. The highest BCUT2D eigenvalue weighted by Gasteiger charge is 2.30. The molecule has 0 aromatic heterocycles. The quantitative estimate of drug-likeness (QED) is 0.737. The number of rotatable bonds is 4. The fourth-order valence-corrected chi connectivity index (χ4v) is 2.68. The van der Waals surface area contributed by atoms with Gasteiger partial charge < -0.3 is 9.64 Å². The van der Waals surface area contributed by atoms with E-state index in [9.17, 15) is 9.59 Å². The van der Waals surface area contributed by atoms with Crippen molar-refractivity contribution >= 4 is 11.9 Å². The molecule has 0 aromatic carbocycles. The fourth-order valence-electron chi connectivity index (χ4n) is 2.68. The van der Waals surface area contributed by atoms with E-state index in [0.717, 1.165) is 19.4 Å². The van der Waals surface area contributed by atoms with Gasteiger partial charge in [-0.05, 0) is 25.2 Å². The van der Waals surface area contributed by atoms with Crippen molar-refractivity contribution in [3.63, 3.8) is 0 Å². The SMILES string of the molecule is COC(=O)CC(C)(C)CC(=O)N1CCCCC[C@H]1C. The molecule has 1 aliphatic rings. The third-order valence-electron chi connectivity index (χ3n) is 3.85. The van der Waals surface area contributed by atoms with E-state index < -0.39 is 0 Å². The summed E-state index contributed by atoms with van der Waals surface area (Å²) in [5.41, 5.74) is -0.337. The summed E-state index contributed by atoms with van der Waals surface area (Å²) in [6.45, 7) is 6.87.